The Bertz CT molecular complexity index is 1410. The van der Waals surface area contributed by atoms with Crippen molar-refractivity contribution in [2.24, 2.45) is 5.92 Å². The zero-order valence-corrected chi connectivity index (χ0v) is 21.9. The van der Waals surface area contributed by atoms with Crippen molar-refractivity contribution in [3.05, 3.63) is 59.5 Å². The van der Waals surface area contributed by atoms with Gasteiger partial charge < -0.3 is 5.32 Å². The Balaban J connectivity index is 1.35. The number of aromatic nitrogens is 1. The van der Waals surface area contributed by atoms with Crippen LogP contribution in [0.2, 0.25) is 0 Å². The van der Waals surface area contributed by atoms with Gasteiger partial charge >= 0.3 is 0 Å². The molecule has 0 saturated carbocycles. The highest BCUT2D eigenvalue weighted by Gasteiger charge is 2.32. The average molecular weight is 534 g/mol. The summed E-state index contributed by atoms with van der Waals surface area (Å²) < 4.78 is 50.5. The van der Waals surface area contributed by atoms with E-state index in [4.69, 9.17) is 0 Å². The molecule has 2 aromatic carbocycles. The number of carbonyl (C=O) groups is 1. The first kappa shape index (κ1) is 25.5. The van der Waals surface area contributed by atoms with Crippen LogP contribution in [-0.2, 0) is 31.1 Å². The molecule has 8 nitrogen and oxygen atoms in total. The van der Waals surface area contributed by atoms with Crippen molar-refractivity contribution in [1.82, 2.24) is 9.29 Å². The average Bonchev–Trinajstić information content (AvgIpc) is 3.32. The van der Waals surface area contributed by atoms with Crippen LogP contribution in [0.25, 0.3) is 11.3 Å². The number of benzene rings is 2. The number of nitrogens with zero attached hydrogens (tertiary/aromatic N) is 2. The maximum Gasteiger partial charge on any atom is 0.243 e. The Morgan fingerprint density at radius 3 is 2.17 bits per heavy atom. The molecule has 0 unspecified atom stereocenters. The predicted octanol–water partition coefficient (Wildman–Crippen LogP) is 3.82. The molecule has 3 aromatic rings. The van der Waals surface area contributed by atoms with E-state index < -0.39 is 19.9 Å². The van der Waals surface area contributed by atoms with E-state index in [1.54, 1.807) is 0 Å². The molecule has 0 spiro atoms. The van der Waals surface area contributed by atoms with E-state index >= 15 is 0 Å². The highest BCUT2D eigenvalue weighted by molar-refractivity contribution is 7.90. The van der Waals surface area contributed by atoms with Crippen molar-refractivity contribution < 1.29 is 21.6 Å². The standard InChI is InChI=1S/C24H27N3O5S3/c1-3-17-4-6-18(7-5-17)22-16-33-24(25-22)26-23(28)19-12-14-27(15-13-19)35(31,32)21-10-8-20(9-11-21)34(2,29)30/h4-11,16,19H,3,12-15H2,1-2H3,(H,25,26,28). The van der Waals surface area contributed by atoms with Gasteiger partial charge in [-0.3, -0.25) is 4.79 Å². The fourth-order valence-electron chi connectivity index (χ4n) is 3.95. The van der Waals surface area contributed by atoms with E-state index in [-0.39, 0.29) is 34.7 Å². The van der Waals surface area contributed by atoms with Crippen LogP contribution >= 0.6 is 11.3 Å². The van der Waals surface area contributed by atoms with Crippen LogP contribution in [0, 0.1) is 5.92 Å². The largest absolute Gasteiger partial charge is 0.302 e. The van der Waals surface area contributed by atoms with Crippen molar-refractivity contribution in [2.45, 2.75) is 36.0 Å². The minimum Gasteiger partial charge on any atom is -0.302 e. The highest BCUT2D eigenvalue weighted by atomic mass is 32.2. The molecule has 1 aromatic heterocycles. The monoisotopic (exact) mass is 533 g/mol. The molecule has 1 N–H and O–H groups in total. The summed E-state index contributed by atoms with van der Waals surface area (Å²) in [7, 11) is -7.18. The van der Waals surface area contributed by atoms with Crippen LogP contribution in [0.3, 0.4) is 0 Å². The molecule has 186 valence electrons. The maximum absolute atomic E-state index is 13.0. The summed E-state index contributed by atoms with van der Waals surface area (Å²) in [6.45, 7) is 2.52. The van der Waals surface area contributed by atoms with E-state index in [0.717, 1.165) is 23.9 Å². The van der Waals surface area contributed by atoms with Gasteiger partial charge in [-0.1, -0.05) is 31.2 Å². The number of carbonyl (C=O) groups excluding carboxylic acids is 1. The molecule has 0 aliphatic carbocycles. The first-order valence-corrected chi connectivity index (χ1v) is 15.4. The van der Waals surface area contributed by atoms with Crippen LogP contribution in [-0.4, -0.2) is 51.4 Å². The quantitative estimate of drug-likeness (QED) is 0.494. The van der Waals surface area contributed by atoms with E-state index in [0.29, 0.717) is 18.0 Å². The Hall–Kier alpha value is -2.60. The SMILES string of the molecule is CCc1ccc(-c2csc(NC(=O)C3CCN(S(=O)(=O)c4ccc(S(C)(=O)=O)cc4)CC3)n2)cc1. The molecule has 2 heterocycles. The minimum absolute atomic E-state index is 0.0371. The van der Waals surface area contributed by atoms with Crippen molar-refractivity contribution in [1.29, 1.82) is 0 Å². The molecule has 35 heavy (non-hydrogen) atoms. The third-order valence-electron chi connectivity index (χ3n) is 6.11. The minimum atomic E-state index is -3.77. The fraction of sp³-hybridized carbons (Fsp3) is 0.333. The molecule has 1 saturated heterocycles. The summed E-state index contributed by atoms with van der Waals surface area (Å²) in [5.41, 5.74) is 3.04. The summed E-state index contributed by atoms with van der Waals surface area (Å²) in [4.78, 5) is 17.4. The van der Waals surface area contributed by atoms with E-state index in [1.165, 1.54) is 45.5 Å². The third-order valence-corrected chi connectivity index (χ3v) is 9.91. The molecular weight excluding hydrogens is 506 g/mol. The fourth-order valence-corrected chi connectivity index (χ4v) is 6.77. The lowest BCUT2D eigenvalue weighted by Crippen LogP contribution is -2.41. The van der Waals surface area contributed by atoms with Crippen molar-refractivity contribution in [3.63, 3.8) is 0 Å². The van der Waals surface area contributed by atoms with Gasteiger partial charge in [-0.15, -0.1) is 11.3 Å². The Labute approximate surface area is 210 Å². The molecule has 1 amide bonds. The van der Waals surface area contributed by atoms with Gasteiger partial charge in [0, 0.05) is 36.2 Å². The van der Waals surface area contributed by atoms with Gasteiger partial charge in [-0.05, 0) is 49.1 Å². The molecule has 1 aliphatic rings. The molecule has 11 heteroatoms. The van der Waals surface area contributed by atoms with Crippen LogP contribution in [0.5, 0.6) is 0 Å². The third kappa shape index (κ3) is 5.80. The molecule has 1 aliphatic heterocycles. The second-order valence-corrected chi connectivity index (χ2v) is 13.3. The zero-order valence-electron chi connectivity index (χ0n) is 19.5. The van der Waals surface area contributed by atoms with Gasteiger partial charge in [-0.2, -0.15) is 4.31 Å². The zero-order chi connectivity index (χ0) is 25.2. The van der Waals surface area contributed by atoms with Gasteiger partial charge in [0.15, 0.2) is 15.0 Å². The summed E-state index contributed by atoms with van der Waals surface area (Å²) >= 11 is 1.36. The lowest BCUT2D eigenvalue weighted by atomic mass is 9.97. The van der Waals surface area contributed by atoms with Gasteiger partial charge in [0.1, 0.15) is 0 Å². The van der Waals surface area contributed by atoms with Crippen LogP contribution in [0.4, 0.5) is 5.13 Å². The van der Waals surface area contributed by atoms with Gasteiger partial charge in [0.2, 0.25) is 15.9 Å². The number of amides is 1. The highest BCUT2D eigenvalue weighted by Crippen LogP contribution is 2.28. The van der Waals surface area contributed by atoms with E-state index in [2.05, 4.69) is 29.4 Å². The number of piperidine rings is 1. The number of rotatable bonds is 7. The molecule has 0 atom stereocenters. The van der Waals surface area contributed by atoms with Gasteiger partial charge in [-0.25, -0.2) is 21.8 Å². The van der Waals surface area contributed by atoms with E-state index in [9.17, 15) is 21.6 Å². The first-order valence-electron chi connectivity index (χ1n) is 11.2. The molecule has 0 radical (unpaired) electrons. The predicted molar refractivity (Wildman–Crippen MR) is 137 cm³/mol. The maximum atomic E-state index is 13.0. The van der Waals surface area contributed by atoms with Crippen molar-refractivity contribution in [3.8, 4) is 11.3 Å². The molecular formula is C24H27N3O5S3. The summed E-state index contributed by atoms with van der Waals surface area (Å²) in [5, 5.41) is 5.30. The van der Waals surface area contributed by atoms with Crippen LogP contribution < -0.4 is 5.32 Å². The second-order valence-electron chi connectivity index (χ2n) is 8.50. The van der Waals surface area contributed by atoms with Gasteiger partial charge in [0.05, 0.1) is 15.5 Å². The second kappa shape index (κ2) is 10.2. The number of sulfonamides is 1. The number of aryl methyl sites for hydroxylation is 1. The number of nitrogens with one attached hydrogen (secondary N) is 1. The number of hydrogen-bond donors (Lipinski definition) is 1. The van der Waals surface area contributed by atoms with Crippen LogP contribution in [0.1, 0.15) is 25.3 Å². The first-order chi connectivity index (χ1) is 16.6. The van der Waals surface area contributed by atoms with Crippen molar-refractivity contribution in [2.75, 3.05) is 24.7 Å². The van der Waals surface area contributed by atoms with Gasteiger partial charge in [0.25, 0.3) is 0 Å². The number of anilines is 1. The molecule has 4 rings (SSSR count). The molecule has 0 bridgehead atoms. The molecule has 1 fully saturated rings. The van der Waals surface area contributed by atoms with Crippen LogP contribution in [0.15, 0.2) is 63.7 Å². The lowest BCUT2D eigenvalue weighted by Gasteiger charge is -2.30. The Morgan fingerprint density at radius 1 is 1.00 bits per heavy atom. The number of thiazole rings is 1. The summed E-state index contributed by atoms with van der Waals surface area (Å²) in [6, 6.07) is 13.4. The number of sulfone groups is 1. The lowest BCUT2D eigenvalue weighted by molar-refractivity contribution is -0.120. The topological polar surface area (TPSA) is 114 Å². The Kier molecular flexibility index (Phi) is 7.41. The summed E-state index contributed by atoms with van der Waals surface area (Å²) in [6.07, 6.45) is 2.82. The van der Waals surface area contributed by atoms with Crippen molar-refractivity contribution >= 4 is 42.2 Å². The number of hydrogen-bond acceptors (Lipinski definition) is 7. The Morgan fingerprint density at radius 2 is 1.60 bits per heavy atom. The van der Waals surface area contributed by atoms with E-state index in [1.807, 2.05) is 17.5 Å². The summed E-state index contributed by atoms with van der Waals surface area (Å²) in [5.74, 6) is -0.480. The normalized spacial score (nSPS) is 15.7. The smallest absolute Gasteiger partial charge is 0.243 e.